The van der Waals surface area contributed by atoms with Crippen molar-refractivity contribution in [2.75, 3.05) is 55.5 Å². The van der Waals surface area contributed by atoms with Crippen molar-refractivity contribution in [3.63, 3.8) is 0 Å². The molecule has 1 aliphatic heterocycles. The van der Waals surface area contributed by atoms with Gasteiger partial charge in [-0.2, -0.15) is 0 Å². The molecule has 0 radical (unpaired) electrons. The van der Waals surface area contributed by atoms with Crippen molar-refractivity contribution in [2.45, 2.75) is 6.54 Å². The maximum atomic E-state index is 12.1. The van der Waals surface area contributed by atoms with Crippen LogP contribution in [0.15, 0.2) is 36.7 Å². The van der Waals surface area contributed by atoms with Gasteiger partial charge in [-0.05, 0) is 18.2 Å². The number of carbonyl (C=O) groups excluding carboxylic acids is 1. The smallest absolute Gasteiger partial charge is 0.319 e. The standard InChI is InChI=1S/C18H24N6O2/c1-23(2)17-14(4-3-7-19-17)12-21-18(25)22-15-5-6-16(20-13-15)24-8-10-26-11-9-24/h3-7,13H,8-12H2,1-2H3,(H2,21,22,25). The van der Waals surface area contributed by atoms with E-state index in [9.17, 15) is 4.79 Å². The first kappa shape index (κ1) is 17.9. The second-order valence-electron chi connectivity index (χ2n) is 6.19. The van der Waals surface area contributed by atoms with Crippen molar-refractivity contribution in [2.24, 2.45) is 0 Å². The minimum absolute atomic E-state index is 0.278. The Hall–Kier alpha value is -2.87. The van der Waals surface area contributed by atoms with Crippen molar-refractivity contribution in [1.82, 2.24) is 15.3 Å². The molecular formula is C18H24N6O2. The number of carbonyl (C=O) groups is 1. The predicted octanol–water partition coefficient (Wildman–Crippen LogP) is 1.70. The molecule has 2 amide bonds. The summed E-state index contributed by atoms with van der Waals surface area (Å²) in [6.07, 6.45) is 3.40. The molecular weight excluding hydrogens is 332 g/mol. The molecule has 26 heavy (non-hydrogen) atoms. The first-order valence-corrected chi connectivity index (χ1v) is 8.58. The van der Waals surface area contributed by atoms with Crippen LogP contribution in [0.25, 0.3) is 0 Å². The summed E-state index contributed by atoms with van der Waals surface area (Å²) in [4.78, 5) is 25.0. The number of pyridine rings is 2. The average Bonchev–Trinajstić information content (AvgIpc) is 2.68. The molecule has 0 bridgehead atoms. The van der Waals surface area contributed by atoms with Crippen molar-refractivity contribution < 1.29 is 9.53 Å². The second-order valence-corrected chi connectivity index (χ2v) is 6.19. The zero-order chi connectivity index (χ0) is 18.4. The normalized spacial score (nSPS) is 14.0. The van der Waals surface area contributed by atoms with Crippen LogP contribution < -0.4 is 20.4 Å². The van der Waals surface area contributed by atoms with E-state index < -0.39 is 0 Å². The van der Waals surface area contributed by atoms with E-state index in [1.54, 1.807) is 12.4 Å². The van der Waals surface area contributed by atoms with Gasteiger partial charge in [-0.15, -0.1) is 0 Å². The molecule has 8 nitrogen and oxygen atoms in total. The quantitative estimate of drug-likeness (QED) is 0.849. The lowest BCUT2D eigenvalue weighted by Crippen LogP contribution is -2.36. The lowest BCUT2D eigenvalue weighted by Gasteiger charge is -2.27. The highest BCUT2D eigenvalue weighted by molar-refractivity contribution is 5.89. The van der Waals surface area contributed by atoms with Gasteiger partial charge in [0.25, 0.3) is 0 Å². The highest BCUT2D eigenvalue weighted by Gasteiger charge is 2.12. The molecule has 0 unspecified atom stereocenters. The Bertz CT molecular complexity index is 729. The van der Waals surface area contributed by atoms with Crippen molar-refractivity contribution in [3.05, 3.63) is 42.2 Å². The first-order valence-electron chi connectivity index (χ1n) is 8.58. The second kappa shape index (κ2) is 8.48. The number of amides is 2. The molecule has 0 saturated carbocycles. The zero-order valence-electron chi connectivity index (χ0n) is 15.1. The van der Waals surface area contributed by atoms with E-state index in [2.05, 4.69) is 25.5 Å². The summed E-state index contributed by atoms with van der Waals surface area (Å²) >= 11 is 0. The molecule has 3 rings (SSSR count). The van der Waals surface area contributed by atoms with E-state index >= 15 is 0 Å². The van der Waals surface area contributed by atoms with Crippen molar-refractivity contribution in [1.29, 1.82) is 0 Å². The number of morpholine rings is 1. The van der Waals surface area contributed by atoms with Gasteiger partial charge in [0.05, 0.1) is 25.1 Å². The van der Waals surface area contributed by atoms with Gasteiger partial charge in [0.2, 0.25) is 0 Å². The minimum Gasteiger partial charge on any atom is -0.378 e. The Morgan fingerprint density at radius 3 is 2.73 bits per heavy atom. The molecule has 0 aliphatic carbocycles. The van der Waals surface area contributed by atoms with Crippen LogP contribution in [0, 0.1) is 0 Å². The number of nitrogens with one attached hydrogen (secondary N) is 2. The van der Waals surface area contributed by atoms with E-state index in [4.69, 9.17) is 4.74 Å². The van der Waals surface area contributed by atoms with E-state index in [1.807, 2.05) is 43.3 Å². The van der Waals surface area contributed by atoms with Gasteiger partial charge in [-0.3, -0.25) is 0 Å². The fourth-order valence-electron chi connectivity index (χ4n) is 2.76. The Labute approximate surface area is 153 Å². The Morgan fingerprint density at radius 2 is 2.04 bits per heavy atom. The Balaban J connectivity index is 1.53. The van der Waals surface area contributed by atoms with Gasteiger partial charge < -0.3 is 25.2 Å². The van der Waals surface area contributed by atoms with Crippen molar-refractivity contribution >= 4 is 23.4 Å². The van der Waals surface area contributed by atoms with Crippen LogP contribution in [0.4, 0.5) is 22.1 Å². The zero-order valence-corrected chi connectivity index (χ0v) is 15.1. The van der Waals surface area contributed by atoms with E-state index in [0.717, 1.165) is 30.3 Å². The number of aromatic nitrogens is 2. The Morgan fingerprint density at radius 1 is 1.23 bits per heavy atom. The van der Waals surface area contributed by atoms with Crippen LogP contribution in [0.2, 0.25) is 0 Å². The molecule has 138 valence electrons. The molecule has 0 spiro atoms. The topological polar surface area (TPSA) is 82.6 Å². The Kier molecular flexibility index (Phi) is 5.85. The van der Waals surface area contributed by atoms with Gasteiger partial charge in [0.15, 0.2) is 0 Å². The lowest BCUT2D eigenvalue weighted by molar-refractivity contribution is 0.122. The molecule has 2 aromatic heterocycles. The number of ether oxygens (including phenoxy) is 1. The predicted molar refractivity (Wildman–Crippen MR) is 102 cm³/mol. The fraction of sp³-hybridized carbons (Fsp3) is 0.389. The largest absolute Gasteiger partial charge is 0.378 e. The highest BCUT2D eigenvalue weighted by Crippen LogP contribution is 2.16. The highest BCUT2D eigenvalue weighted by atomic mass is 16.5. The number of hydrogen-bond donors (Lipinski definition) is 2. The van der Waals surface area contributed by atoms with Gasteiger partial charge in [-0.25, -0.2) is 14.8 Å². The lowest BCUT2D eigenvalue weighted by atomic mass is 10.2. The number of nitrogens with zero attached hydrogens (tertiary/aromatic N) is 4. The van der Waals surface area contributed by atoms with Crippen molar-refractivity contribution in [3.8, 4) is 0 Å². The molecule has 0 aromatic carbocycles. The summed E-state index contributed by atoms with van der Waals surface area (Å²) in [5.41, 5.74) is 1.60. The summed E-state index contributed by atoms with van der Waals surface area (Å²) in [7, 11) is 3.85. The molecule has 2 N–H and O–H groups in total. The maximum Gasteiger partial charge on any atom is 0.319 e. The molecule has 1 fully saturated rings. The number of hydrogen-bond acceptors (Lipinski definition) is 6. The van der Waals surface area contributed by atoms with E-state index in [0.29, 0.717) is 25.4 Å². The monoisotopic (exact) mass is 356 g/mol. The molecule has 0 atom stereocenters. The number of anilines is 3. The van der Waals surface area contributed by atoms with Crippen LogP contribution in [0.3, 0.4) is 0 Å². The summed E-state index contributed by atoms with van der Waals surface area (Å²) in [6, 6.07) is 7.29. The van der Waals surface area contributed by atoms with Crippen LogP contribution >= 0.6 is 0 Å². The molecule has 2 aromatic rings. The summed E-state index contributed by atoms with van der Waals surface area (Å²) in [6.45, 7) is 3.49. The fourth-order valence-corrected chi connectivity index (χ4v) is 2.76. The average molecular weight is 356 g/mol. The first-order chi connectivity index (χ1) is 12.6. The third-order valence-electron chi connectivity index (χ3n) is 4.07. The van der Waals surface area contributed by atoms with Crippen LogP contribution in [0.1, 0.15) is 5.56 Å². The minimum atomic E-state index is -0.278. The molecule has 1 saturated heterocycles. The molecule has 8 heteroatoms. The van der Waals surface area contributed by atoms with Crippen LogP contribution in [-0.4, -0.2) is 56.4 Å². The van der Waals surface area contributed by atoms with Crippen LogP contribution in [0.5, 0.6) is 0 Å². The van der Waals surface area contributed by atoms with Gasteiger partial charge >= 0.3 is 6.03 Å². The van der Waals surface area contributed by atoms with E-state index in [-0.39, 0.29) is 6.03 Å². The van der Waals surface area contributed by atoms with E-state index in [1.165, 1.54) is 0 Å². The number of urea groups is 1. The maximum absolute atomic E-state index is 12.1. The molecule has 3 heterocycles. The van der Waals surface area contributed by atoms with Gasteiger partial charge in [0, 0.05) is 45.5 Å². The summed E-state index contributed by atoms with van der Waals surface area (Å²) in [5, 5.41) is 5.65. The summed E-state index contributed by atoms with van der Waals surface area (Å²) < 4.78 is 5.34. The molecule has 1 aliphatic rings. The van der Waals surface area contributed by atoms with Crippen LogP contribution in [-0.2, 0) is 11.3 Å². The summed E-state index contributed by atoms with van der Waals surface area (Å²) in [5.74, 6) is 1.73. The third kappa shape index (κ3) is 4.60. The SMILES string of the molecule is CN(C)c1ncccc1CNC(=O)Nc1ccc(N2CCOCC2)nc1. The van der Waals surface area contributed by atoms with Gasteiger partial charge in [0.1, 0.15) is 11.6 Å². The number of rotatable bonds is 5. The third-order valence-corrected chi connectivity index (χ3v) is 4.07. The van der Waals surface area contributed by atoms with Gasteiger partial charge in [-0.1, -0.05) is 6.07 Å².